The van der Waals surface area contributed by atoms with Crippen LogP contribution in [-0.4, -0.2) is 43.6 Å². The van der Waals surface area contributed by atoms with Crippen LogP contribution in [0.3, 0.4) is 0 Å². The maximum Gasteiger partial charge on any atom is 0.322 e. The van der Waals surface area contributed by atoms with Crippen molar-refractivity contribution in [3.63, 3.8) is 0 Å². The second-order valence-electron chi connectivity index (χ2n) is 6.20. The maximum absolute atomic E-state index is 12.7. The summed E-state index contributed by atoms with van der Waals surface area (Å²) in [7, 11) is 3.12. The highest BCUT2D eigenvalue weighted by atomic mass is 16.5. The molecule has 3 amide bonds. The van der Waals surface area contributed by atoms with Gasteiger partial charge >= 0.3 is 6.03 Å². The zero-order chi connectivity index (χ0) is 19.2. The number of urea groups is 1. The average Bonchev–Trinajstić information content (AvgIpc) is 3.19. The minimum atomic E-state index is -0.522. The highest BCUT2D eigenvalue weighted by Gasteiger charge is 2.34. The van der Waals surface area contributed by atoms with E-state index in [2.05, 4.69) is 10.6 Å². The van der Waals surface area contributed by atoms with Gasteiger partial charge in [0.1, 0.15) is 17.5 Å². The summed E-state index contributed by atoms with van der Waals surface area (Å²) in [5.41, 5.74) is 1.21. The Bertz CT molecular complexity index is 824. The van der Waals surface area contributed by atoms with E-state index in [0.717, 1.165) is 6.42 Å². The van der Waals surface area contributed by atoms with Crippen LogP contribution >= 0.6 is 0 Å². The topological polar surface area (TPSA) is 79.9 Å². The largest absolute Gasteiger partial charge is 0.497 e. The van der Waals surface area contributed by atoms with Crippen molar-refractivity contribution in [3.8, 4) is 11.5 Å². The molecule has 7 nitrogen and oxygen atoms in total. The molecule has 1 heterocycles. The summed E-state index contributed by atoms with van der Waals surface area (Å²) >= 11 is 0. The second kappa shape index (κ2) is 8.44. The fraction of sp³-hybridized carbons (Fsp3) is 0.300. The Labute approximate surface area is 158 Å². The first kappa shape index (κ1) is 18.6. The van der Waals surface area contributed by atoms with E-state index in [9.17, 15) is 9.59 Å². The SMILES string of the molecule is COc1cccc(NC(=O)C2CCCN2C(=O)Nc2ccccc2OC)c1. The minimum absolute atomic E-state index is 0.212. The Morgan fingerprint density at radius 1 is 1.04 bits per heavy atom. The lowest BCUT2D eigenvalue weighted by Gasteiger charge is -2.24. The number of anilines is 2. The van der Waals surface area contributed by atoms with Crippen LogP contribution in [0, 0.1) is 0 Å². The van der Waals surface area contributed by atoms with E-state index in [1.807, 2.05) is 12.1 Å². The summed E-state index contributed by atoms with van der Waals surface area (Å²) in [6.07, 6.45) is 1.39. The molecule has 142 valence electrons. The third-order valence-corrected chi connectivity index (χ3v) is 4.50. The smallest absolute Gasteiger partial charge is 0.322 e. The first-order valence-corrected chi connectivity index (χ1v) is 8.78. The summed E-state index contributed by atoms with van der Waals surface area (Å²) in [6.45, 7) is 0.525. The van der Waals surface area contributed by atoms with Crippen molar-refractivity contribution < 1.29 is 19.1 Å². The third-order valence-electron chi connectivity index (χ3n) is 4.50. The van der Waals surface area contributed by atoms with Crippen molar-refractivity contribution in [2.75, 3.05) is 31.4 Å². The van der Waals surface area contributed by atoms with Gasteiger partial charge < -0.3 is 25.0 Å². The molecule has 1 atom stereocenters. The summed E-state index contributed by atoms with van der Waals surface area (Å²) in [5, 5.41) is 5.70. The number of methoxy groups -OCH3 is 2. The molecule has 0 aromatic heterocycles. The molecule has 1 fully saturated rings. The molecule has 2 aromatic rings. The van der Waals surface area contributed by atoms with E-state index in [1.165, 1.54) is 0 Å². The third kappa shape index (κ3) is 4.31. The van der Waals surface area contributed by atoms with E-state index in [4.69, 9.17) is 9.47 Å². The van der Waals surface area contributed by atoms with Gasteiger partial charge in [-0.3, -0.25) is 4.79 Å². The highest BCUT2D eigenvalue weighted by Crippen LogP contribution is 2.26. The first-order valence-electron chi connectivity index (χ1n) is 8.78. The zero-order valence-corrected chi connectivity index (χ0v) is 15.4. The Hall–Kier alpha value is -3.22. The quantitative estimate of drug-likeness (QED) is 0.847. The molecular weight excluding hydrogens is 346 g/mol. The Morgan fingerprint density at radius 2 is 1.85 bits per heavy atom. The van der Waals surface area contributed by atoms with E-state index in [1.54, 1.807) is 55.5 Å². The van der Waals surface area contributed by atoms with Crippen LogP contribution in [0.1, 0.15) is 12.8 Å². The molecule has 3 rings (SSSR count). The number of carbonyl (C=O) groups is 2. The van der Waals surface area contributed by atoms with Crippen LogP contribution in [0.15, 0.2) is 48.5 Å². The number of nitrogens with one attached hydrogen (secondary N) is 2. The Morgan fingerprint density at radius 3 is 2.63 bits per heavy atom. The number of nitrogens with zero attached hydrogens (tertiary/aromatic N) is 1. The summed E-state index contributed by atoms with van der Waals surface area (Å²) in [6, 6.07) is 13.5. The molecule has 0 radical (unpaired) electrons. The van der Waals surface area contributed by atoms with Crippen LogP contribution in [0.5, 0.6) is 11.5 Å². The highest BCUT2D eigenvalue weighted by molar-refractivity contribution is 6.00. The van der Waals surface area contributed by atoms with Crippen molar-refractivity contribution in [3.05, 3.63) is 48.5 Å². The molecular formula is C20H23N3O4. The van der Waals surface area contributed by atoms with Gasteiger partial charge in [-0.1, -0.05) is 18.2 Å². The fourth-order valence-corrected chi connectivity index (χ4v) is 3.14. The molecule has 27 heavy (non-hydrogen) atoms. The normalized spacial score (nSPS) is 15.9. The molecule has 7 heteroatoms. The van der Waals surface area contributed by atoms with Crippen LogP contribution in [0.25, 0.3) is 0 Å². The molecule has 1 aliphatic rings. The van der Waals surface area contributed by atoms with Crippen molar-refractivity contribution in [2.24, 2.45) is 0 Å². The fourth-order valence-electron chi connectivity index (χ4n) is 3.14. The number of para-hydroxylation sites is 2. The van der Waals surface area contributed by atoms with Crippen molar-refractivity contribution in [2.45, 2.75) is 18.9 Å². The zero-order valence-electron chi connectivity index (χ0n) is 15.4. The first-order chi connectivity index (χ1) is 13.1. The molecule has 2 aromatic carbocycles. The van der Waals surface area contributed by atoms with E-state index < -0.39 is 6.04 Å². The lowest BCUT2D eigenvalue weighted by atomic mass is 10.2. The molecule has 0 spiro atoms. The predicted molar refractivity (Wildman–Crippen MR) is 103 cm³/mol. The van der Waals surface area contributed by atoms with E-state index in [-0.39, 0.29) is 11.9 Å². The molecule has 1 saturated heterocycles. The second-order valence-corrected chi connectivity index (χ2v) is 6.20. The van der Waals surface area contributed by atoms with Crippen molar-refractivity contribution in [1.82, 2.24) is 4.90 Å². The van der Waals surface area contributed by atoms with Gasteiger partial charge in [-0.2, -0.15) is 0 Å². The Balaban J connectivity index is 1.68. The van der Waals surface area contributed by atoms with Gasteiger partial charge in [0, 0.05) is 18.3 Å². The molecule has 0 aliphatic carbocycles. The van der Waals surface area contributed by atoms with Gasteiger partial charge in [-0.25, -0.2) is 4.79 Å². The number of likely N-dealkylation sites (tertiary alicyclic amines) is 1. The Kier molecular flexibility index (Phi) is 5.80. The number of amides is 3. The van der Waals surface area contributed by atoms with Gasteiger partial charge in [-0.15, -0.1) is 0 Å². The molecule has 0 saturated carbocycles. The number of carbonyl (C=O) groups excluding carboxylic acids is 2. The maximum atomic E-state index is 12.7. The molecule has 0 bridgehead atoms. The summed E-state index contributed by atoms with van der Waals surface area (Å²) in [5.74, 6) is 1.02. The van der Waals surface area contributed by atoms with Crippen LogP contribution in [0.2, 0.25) is 0 Å². The van der Waals surface area contributed by atoms with Crippen LogP contribution < -0.4 is 20.1 Å². The standard InChI is InChI=1S/C20H23N3O4/c1-26-15-8-5-7-14(13-15)21-19(24)17-10-6-12-23(17)20(25)22-16-9-3-4-11-18(16)27-2/h3-5,7-9,11,13,17H,6,10,12H2,1-2H3,(H,21,24)(H,22,25). The number of hydrogen-bond acceptors (Lipinski definition) is 4. The van der Waals surface area contributed by atoms with Crippen LogP contribution in [0.4, 0.5) is 16.2 Å². The van der Waals surface area contributed by atoms with Gasteiger partial charge in [0.05, 0.1) is 19.9 Å². The van der Waals surface area contributed by atoms with Gasteiger partial charge in [0.15, 0.2) is 0 Å². The number of ether oxygens (including phenoxy) is 2. The van der Waals surface area contributed by atoms with E-state index in [0.29, 0.717) is 35.8 Å². The summed E-state index contributed by atoms with van der Waals surface area (Å²) in [4.78, 5) is 27.0. The molecule has 2 N–H and O–H groups in total. The predicted octanol–water partition coefficient (Wildman–Crippen LogP) is 3.34. The monoisotopic (exact) mass is 369 g/mol. The lowest BCUT2D eigenvalue weighted by Crippen LogP contribution is -2.45. The van der Waals surface area contributed by atoms with Gasteiger partial charge in [0.25, 0.3) is 0 Å². The molecule has 1 aliphatic heterocycles. The minimum Gasteiger partial charge on any atom is -0.497 e. The average molecular weight is 369 g/mol. The molecule has 1 unspecified atom stereocenters. The number of benzene rings is 2. The van der Waals surface area contributed by atoms with Crippen LogP contribution in [-0.2, 0) is 4.79 Å². The number of rotatable bonds is 5. The van der Waals surface area contributed by atoms with Gasteiger partial charge in [-0.05, 0) is 37.1 Å². The lowest BCUT2D eigenvalue weighted by molar-refractivity contribution is -0.119. The van der Waals surface area contributed by atoms with Crippen molar-refractivity contribution >= 4 is 23.3 Å². The van der Waals surface area contributed by atoms with Gasteiger partial charge in [0.2, 0.25) is 5.91 Å². The summed E-state index contributed by atoms with van der Waals surface area (Å²) < 4.78 is 10.4. The number of hydrogen-bond donors (Lipinski definition) is 2. The van der Waals surface area contributed by atoms with E-state index >= 15 is 0 Å². The van der Waals surface area contributed by atoms with Crippen molar-refractivity contribution in [1.29, 1.82) is 0 Å².